The van der Waals surface area contributed by atoms with Crippen molar-refractivity contribution in [3.63, 3.8) is 0 Å². The standard InChI is InChI=1S/C19H25N5O5/c1-5-28-14(25)10-23-17(26)15-16(21(4)19(23)27)20-18-22(9-13-7-6-8-29-13)11(2)12(3)24(15)18/h13H,5-10H2,1-4H3. The lowest BCUT2D eigenvalue weighted by molar-refractivity contribution is -0.143. The molecular formula is C19H25N5O5. The van der Waals surface area contributed by atoms with Crippen molar-refractivity contribution in [3.05, 3.63) is 32.2 Å². The summed E-state index contributed by atoms with van der Waals surface area (Å²) in [6, 6.07) is 0. The van der Waals surface area contributed by atoms with Crippen LogP contribution in [0.5, 0.6) is 0 Å². The zero-order valence-electron chi connectivity index (χ0n) is 17.1. The fourth-order valence-corrected chi connectivity index (χ4v) is 4.00. The van der Waals surface area contributed by atoms with Crippen LogP contribution in [0.25, 0.3) is 16.9 Å². The number of aryl methyl sites for hydroxylation is 2. The molecule has 0 spiro atoms. The second kappa shape index (κ2) is 7.18. The van der Waals surface area contributed by atoms with Gasteiger partial charge in [-0.25, -0.2) is 9.36 Å². The van der Waals surface area contributed by atoms with E-state index in [0.29, 0.717) is 18.0 Å². The molecule has 1 saturated heterocycles. The Morgan fingerprint density at radius 3 is 2.66 bits per heavy atom. The van der Waals surface area contributed by atoms with E-state index in [2.05, 4.69) is 4.98 Å². The van der Waals surface area contributed by atoms with E-state index in [9.17, 15) is 14.4 Å². The molecule has 0 saturated carbocycles. The number of carbonyl (C=O) groups excluding carboxylic acids is 1. The predicted octanol–water partition coefficient (Wildman–Crippen LogP) is 0.508. The zero-order chi connectivity index (χ0) is 20.9. The molecule has 1 aliphatic rings. The normalized spacial score (nSPS) is 16.9. The Morgan fingerprint density at radius 1 is 1.24 bits per heavy atom. The summed E-state index contributed by atoms with van der Waals surface area (Å²) in [6.07, 6.45) is 2.12. The monoisotopic (exact) mass is 403 g/mol. The van der Waals surface area contributed by atoms with Gasteiger partial charge in [0.1, 0.15) is 6.54 Å². The van der Waals surface area contributed by atoms with E-state index in [0.717, 1.165) is 35.4 Å². The topological polar surface area (TPSA) is 102 Å². The van der Waals surface area contributed by atoms with Crippen molar-refractivity contribution >= 4 is 22.9 Å². The lowest BCUT2D eigenvalue weighted by Crippen LogP contribution is -2.41. The first-order valence-electron chi connectivity index (χ1n) is 9.80. The molecule has 4 heterocycles. The molecule has 0 radical (unpaired) electrons. The van der Waals surface area contributed by atoms with Crippen molar-refractivity contribution in [2.75, 3.05) is 13.2 Å². The fourth-order valence-electron chi connectivity index (χ4n) is 4.00. The van der Waals surface area contributed by atoms with Crippen molar-refractivity contribution in [1.29, 1.82) is 0 Å². The summed E-state index contributed by atoms with van der Waals surface area (Å²) in [6.45, 7) is 6.70. The highest BCUT2D eigenvalue weighted by molar-refractivity contribution is 5.77. The van der Waals surface area contributed by atoms with Crippen LogP contribution in [0.2, 0.25) is 0 Å². The molecule has 1 fully saturated rings. The summed E-state index contributed by atoms with van der Waals surface area (Å²) in [7, 11) is 1.55. The average molecular weight is 403 g/mol. The number of fused-ring (bicyclic) bond motifs is 3. The number of carbonyl (C=O) groups is 1. The Hall–Kier alpha value is -2.88. The lowest BCUT2D eigenvalue weighted by atomic mass is 10.2. The van der Waals surface area contributed by atoms with Gasteiger partial charge < -0.3 is 14.0 Å². The summed E-state index contributed by atoms with van der Waals surface area (Å²) in [5.41, 5.74) is 1.25. The molecule has 0 N–H and O–H groups in total. The van der Waals surface area contributed by atoms with Crippen LogP contribution >= 0.6 is 0 Å². The van der Waals surface area contributed by atoms with Crippen LogP contribution in [-0.4, -0.2) is 48.4 Å². The second-order valence-corrected chi connectivity index (χ2v) is 7.37. The van der Waals surface area contributed by atoms with Gasteiger partial charge in [0.15, 0.2) is 11.2 Å². The highest BCUT2D eigenvalue weighted by Gasteiger charge is 2.25. The van der Waals surface area contributed by atoms with E-state index < -0.39 is 23.8 Å². The van der Waals surface area contributed by atoms with Crippen molar-refractivity contribution in [3.8, 4) is 0 Å². The smallest absolute Gasteiger partial charge is 0.333 e. The highest BCUT2D eigenvalue weighted by atomic mass is 16.5. The molecule has 1 unspecified atom stereocenters. The Kier molecular flexibility index (Phi) is 4.81. The number of rotatable bonds is 5. The summed E-state index contributed by atoms with van der Waals surface area (Å²) >= 11 is 0. The van der Waals surface area contributed by atoms with Gasteiger partial charge in [0.05, 0.1) is 19.3 Å². The first kappa shape index (κ1) is 19.4. The number of hydrogen-bond acceptors (Lipinski definition) is 6. The molecule has 10 nitrogen and oxygen atoms in total. The molecule has 10 heteroatoms. The number of esters is 1. The summed E-state index contributed by atoms with van der Waals surface area (Å²) in [4.78, 5) is 42.4. The van der Waals surface area contributed by atoms with Crippen LogP contribution < -0.4 is 11.2 Å². The summed E-state index contributed by atoms with van der Waals surface area (Å²) < 4.78 is 16.7. The van der Waals surface area contributed by atoms with E-state index >= 15 is 0 Å². The minimum Gasteiger partial charge on any atom is -0.465 e. The molecule has 156 valence electrons. The van der Waals surface area contributed by atoms with Crippen molar-refractivity contribution in [2.45, 2.75) is 52.8 Å². The minimum absolute atomic E-state index is 0.105. The van der Waals surface area contributed by atoms with Gasteiger partial charge >= 0.3 is 11.7 Å². The van der Waals surface area contributed by atoms with E-state index in [1.54, 1.807) is 18.4 Å². The Balaban J connectivity index is 1.95. The SMILES string of the molecule is CCOC(=O)Cn1c(=O)c2c(nc3n(CC4CCCO4)c(C)c(C)n23)n(C)c1=O. The molecule has 0 aromatic carbocycles. The van der Waals surface area contributed by atoms with E-state index in [-0.39, 0.29) is 18.2 Å². The van der Waals surface area contributed by atoms with Gasteiger partial charge in [0.25, 0.3) is 5.56 Å². The second-order valence-electron chi connectivity index (χ2n) is 7.37. The molecule has 3 aromatic heterocycles. The first-order valence-corrected chi connectivity index (χ1v) is 9.80. The molecule has 1 aliphatic heterocycles. The molecule has 0 amide bonds. The number of ether oxygens (including phenoxy) is 2. The van der Waals surface area contributed by atoms with E-state index in [1.807, 2.05) is 18.4 Å². The Labute approximate surface area is 166 Å². The maximum atomic E-state index is 13.2. The molecule has 4 rings (SSSR count). The van der Waals surface area contributed by atoms with Crippen molar-refractivity contribution in [1.82, 2.24) is 23.1 Å². The van der Waals surface area contributed by atoms with Crippen LogP contribution in [0.15, 0.2) is 9.59 Å². The number of hydrogen-bond donors (Lipinski definition) is 0. The van der Waals surface area contributed by atoms with Gasteiger partial charge in [-0.2, -0.15) is 4.98 Å². The molecule has 1 atom stereocenters. The third-order valence-corrected chi connectivity index (χ3v) is 5.63. The van der Waals surface area contributed by atoms with Crippen LogP contribution in [-0.2, 0) is 34.4 Å². The van der Waals surface area contributed by atoms with E-state index in [4.69, 9.17) is 9.47 Å². The molecule has 29 heavy (non-hydrogen) atoms. The van der Waals surface area contributed by atoms with Gasteiger partial charge in [-0.05, 0) is 33.6 Å². The molecular weight excluding hydrogens is 378 g/mol. The number of imidazole rings is 2. The van der Waals surface area contributed by atoms with Gasteiger partial charge in [0.2, 0.25) is 5.78 Å². The van der Waals surface area contributed by atoms with Gasteiger partial charge in [0, 0.05) is 25.0 Å². The van der Waals surface area contributed by atoms with Crippen molar-refractivity contribution < 1.29 is 14.3 Å². The van der Waals surface area contributed by atoms with E-state index in [1.165, 1.54) is 4.57 Å². The van der Waals surface area contributed by atoms with Crippen LogP contribution in [0.1, 0.15) is 31.2 Å². The molecule has 0 bridgehead atoms. The van der Waals surface area contributed by atoms with Gasteiger partial charge in [-0.1, -0.05) is 0 Å². The third kappa shape index (κ3) is 2.98. The third-order valence-electron chi connectivity index (χ3n) is 5.63. The Morgan fingerprint density at radius 2 is 2.00 bits per heavy atom. The number of aromatic nitrogens is 5. The number of nitrogens with zero attached hydrogens (tertiary/aromatic N) is 5. The first-order chi connectivity index (χ1) is 13.8. The largest absolute Gasteiger partial charge is 0.465 e. The maximum absolute atomic E-state index is 13.2. The van der Waals surface area contributed by atoms with Crippen LogP contribution in [0.4, 0.5) is 0 Å². The summed E-state index contributed by atoms with van der Waals surface area (Å²) in [5.74, 6) is -0.0397. The van der Waals surface area contributed by atoms with Gasteiger partial charge in [-0.3, -0.25) is 18.6 Å². The maximum Gasteiger partial charge on any atom is 0.333 e. The molecule has 3 aromatic rings. The molecule has 0 aliphatic carbocycles. The van der Waals surface area contributed by atoms with Gasteiger partial charge in [-0.15, -0.1) is 0 Å². The lowest BCUT2D eigenvalue weighted by Gasteiger charge is -2.12. The average Bonchev–Trinajstić information content (AvgIpc) is 3.38. The summed E-state index contributed by atoms with van der Waals surface area (Å²) in [5, 5.41) is 0. The quantitative estimate of drug-likeness (QED) is 0.575. The highest BCUT2D eigenvalue weighted by Crippen LogP contribution is 2.23. The van der Waals surface area contributed by atoms with Crippen LogP contribution in [0.3, 0.4) is 0 Å². The fraction of sp³-hybridized carbons (Fsp3) is 0.579. The Bertz CT molecular complexity index is 1220. The van der Waals surface area contributed by atoms with Crippen molar-refractivity contribution in [2.24, 2.45) is 7.05 Å². The minimum atomic E-state index is -0.629. The predicted molar refractivity (Wildman–Crippen MR) is 105 cm³/mol. The zero-order valence-corrected chi connectivity index (χ0v) is 17.1. The van der Waals surface area contributed by atoms with Crippen LogP contribution in [0, 0.1) is 13.8 Å².